The monoisotopic (exact) mass is 500 g/mol. The van der Waals surface area contributed by atoms with Gasteiger partial charge < -0.3 is 0 Å². The van der Waals surface area contributed by atoms with Gasteiger partial charge >= 0.3 is 0 Å². The van der Waals surface area contributed by atoms with E-state index in [4.69, 9.17) is 0 Å². The van der Waals surface area contributed by atoms with Crippen LogP contribution in [0.15, 0.2) is 41.5 Å². The maximum absolute atomic E-state index is 2.78. The quantitative estimate of drug-likeness (QED) is 0.285. The van der Waals surface area contributed by atoms with E-state index < -0.39 is 22.3 Å². The Balaban J connectivity index is 3.26. The Bertz CT molecular complexity index is 861. The van der Waals surface area contributed by atoms with Crippen molar-refractivity contribution in [1.29, 1.82) is 0 Å². The summed E-state index contributed by atoms with van der Waals surface area (Å²) in [6.45, 7) is 44.6. The second-order valence-electron chi connectivity index (χ2n) is 16.5. The van der Waals surface area contributed by atoms with Gasteiger partial charge in [-0.2, -0.15) is 0 Å². The molecule has 2 rings (SSSR count). The van der Waals surface area contributed by atoms with Crippen LogP contribution in [0.1, 0.15) is 83.1 Å². The van der Waals surface area contributed by atoms with Gasteiger partial charge in [-0.25, -0.2) is 0 Å². The predicted octanol–water partition coefficient (Wildman–Crippen LogP) is 9.53. The molecule has 0 amide bonds. The molecule has 0 aromatic heterocycles. The Morgan fingerprint density at radius 3 is 1.18 bits per heavy atom. The Hall–Kier alpha value is -0.389. The lowest BCUT2D eigenvalue weighted by molar-refractivity contribution is 0.318. The van der Waals surface area contributed by atoms with E-state index in [-0.39, 0.29) is 21.3 Å². The van der Waals surface area contributed by atoms with Crippen molar-refractivity contribution < 1.29 is 0 Å². The van der Waals surface area contributed by atoms with Crippen LogP contribution in [0.2, 0.25) is 42.8 Å². The third kappa shape index (κ3) is 3.87. The molecule has 0 bridgehead atoms. The highest BCUT2D eigenvalue weighted by atomic mass is 29.6. The summed E-state index contributed by atoms with van der Waals surface area (Å²) in [7, 11) is -5.61. The van der Waals surface area contributed by atoms with Crippen molar-refractivity contribution in [1.82, 2.24) is 0 Å². The Labute approximate surface area is 210 Å². The van der Waals surface area contributed by atoms with Gasteiger partial charge in [0.2, 0.25) is 0 Å². The average molecular weight is 501 g/mol. The Morgan fingerprint density at radius 1 is 0.576 bits per heavy atom. The zero-order valence-electron chi connectivity index (χ0n) is 25.4. The number of hydrogen-bond donors (Lipinski definition) is 0. The van der Waals surface area contributed by atoms with Gasteiger partial charge in [0.1, 0.15) is 0 Å². The molecule has 0 spiro atoms. The Morgan fingerprint density at radius 2 is 0.939 bits per heavy atom. The normalized spacial score (nSPS) is 20.0. The summed E-state index contributed by atoms with van der Waals surface area (Å²) in [5.74, 6) is 0. The van der Waals surface area contributed by atoms with E-state index in [0.29, 0.717) is 5.04 Å². The van der Waals surface area contributed by atoms with E-state index in [2.05, 4.69) is 146 Å². The molecule has 0 saturated heterocycles. The highest BCUT2D eigenvalue weighted by Crippen LogP contribution is 2.86. The molecule has 1 aromatic rings. The van der Waals surface area contributed by atoms with E-state index in [0.717, 1.165) is 0 Å². The minimum absolute atomic E-state index is 0.195. The van der Waals surface area contributed by atoms with Crippen LogP contribution in [0, 0.1) is 16.2 Å². The topological polar surface area (TPSA) is 0 Å². The van der Waals surface area contributed by atoms with Crippen molar-refractivity contribution in [2.75, 3.05) is 0 Å². The van der Waals surface area contributed by atoms with Crippen LogP contribution in [-0.2, 0) is 0 Å². The summed E-state index contributed by atoms with van der Waals surface area (Å²) >= 11 is 0. The largest absolute Gasteiger partial charge is 0.0738 e. The average Bonchev–Trinajstić information content (AvgIpc) is 3.25. The first-order valence-corrected chi connectivity index (χ1v) is 23.7. The summed E-state index contributed by atoms with van der Waals surface area (Å²) < 4.78 is 0. The Kier molecular flexibility index (Phi) is 6.82. The molecule has 1 aliphatic rings. The first-order chi connectivity index (χ1) is 14.3. The maximum atomic E-state index is 2.78. The molecular formula is C30H56Si3. The fourth-order valence-corrected chi connectivity index (χ4v) is 70.9. The van der Waals surface area contributed by atoms with Crippen LogP contribution < -0.4 is 5.19 Å². The van der Waals surface area contributed by atoms with E-state index >= 15 is 0 Å². The molecule has 0 radical (unpaired) electrons. The summed E-state index contributed by atoms with van der Waals surface area (Å²) in [6, 6.07) is 11.8. The van der Waals surface area contributed by atoms with E-state index in [9.17, 15) is 0 Å². The lowest BCUT2D eigenvalue weighted by Crippen LogP contribution is -2.85. The second-order valence-corrected chi connectivity index (χ2v) is 42.8. The highest BCUT2D eigenvalue weighted by Gasteiger charge is 2.83. The molecule has 1 unspecified atom stereocenters. The van der Waals surface area contributed by atoms with E-state index in [1.165, 1.54) is 0 Å². The third-order valence-corrected chi connectivity index (χ3v) is 51.7. The molecule has 0 heterocycles. The van der Waals surface area contributed by atoms with Crippen molar-refractivity contribution >= 4 is 27.5 Å². The van der Waals surface area contributed by atoms with Crippen molar-refractivity contribution in [2.45, 2.75) is 126 Å². The molecule has 0 nitrogen and oxygen atoms in total. The molecule has 0 aliphatic heterocycles. The van der Waals surface area contributed by atoms with Gasteiger partial charge in [0.25, 0.3) is 0 Å². The standard InChI is InChI=1S/C30H56Si3/c1-26(2,3)24-25(27(4,5)6)30(24,28(7,8)9)33(29(10,11)12,31(13,14)15)32(16,17)23-21-19-18-20-22-23/h18-22H,1-17H3. The summed E-state index contributed by atoms with van der Waals surface area (Å²) in [5, 5.41) is 2.25. The summed E-state index contributed by atoms with van der Waals surface area (Å²) in [4.78, 5) is 0. The second kappa shape index (κ2) is 7.80. The fourth-order valence-electron chi connectivity index (χ4n) is 9.51. The smallest absolute Gasteiger partial charge is 0.0716 e. The van der Waals surface area contributed by atoms with E-state index in [1.807, 2.05) is 11.1 Å². The molecule has 3 heteroatoms. The lowest BCUT2D eigenvalue weighted by atomic mass is 9.77. The number of benzene rings is 1. The zero-order valence-corrected chi connectivity index (χ0v) is 28.4. The molecule has 1 atom stereocenters. The third-order valence-electron chi connectivity index (χ3n) is 8.81. The molecule has 0 saturated carbocycles. The molecule has 33 heavy (non-hydrogen) atoms. The van der Waals surface area contributed by atoms with Gasteiger partial charge in [-0.15, -0.1) is 0 Å². The minimum atomic E-state index is -2.06. The van der Waals surface area contributed by atoms with Crippen LogP contribution in [0.25, 0.3) is 0 Å². The molecule has 1 aromatic carbocycles. The zero-order chi connectivity index (χ0) is 26.3. The van der Waals surface area contributed by atoms with Gasteiger partial charge in [-0.05, 0) is 21.3 Å². The molecule has 1 aliphatic carbocycles. The molecule has 0 N–H and O–H groups in total. The van der Waals surface area contributed by atoms with Crippen LogP contribution in [0.3, 0.4) is 0 Å². The highest BCUT2D eigenvalue weighted by molar-refractivity contribution is 7.73. The SMILES string of the molecule is CC(C)(C)C1=C(C(C)(C)C)C1(C(C)(C)C)[Si](C(C)(C)C)([Si](C)(C)C)[Si](C)(C)c1ccccc1. The van der Waals surface area contributed by atoms with Crippen molar-refractivity contribution in [3.8, 4) is 0 Å². The van der Waals surface area contributed by atoms with Gasteiger partial charge in [0.15, 0.2) is 0 Å². The number of hydrogen-bond acceptors (Lipinski definition) is 0. The molecule has 0 fully saturated rings. The van der Waals surface area contributed by atoms with E-state index in [1.54, 1.807) is 5.19 Å². The van der Waals surface area contributed by atoms with Crippen molar-refractivity contribution in [3.05, 3.63) is 41.5 Å². The predicted molar refractivity (Wildman–Crippen MR) is 160 cm³/mol. The van der Waals surface area contributed by atoms with Crippen molar-refractivity contribution in [2.24, 2.45) is 16.2 Å². The number of allylic oxidation sites excluding steroid dienone is 2. The first kappa shape index (κ1) is 28.8. The molecule has 188 valence electrons. The van der Waals surface area contributed by atoms with Gasteiger partial charge in [-0.3, -0.25) is 0 Å². The van der Waals surface area contributed by atoms with Crippen LogP contribution >= 0.6 is 0 Å². The van der Waals surface area contributed by atoms with Crippen molar-refractivity contribution in [3.63, 3.8) is 0 Å². The van der Waals surface area contributed by atoms with Gasteiger partial charge in [-0.1, -0.05) is 162 Å². The summed E-state index contributed by atoms with van der Waals surface area (Å²) in [6.07, 6.45) is 0. The molecular weight excluding hydrogens is 445 g/mol. The maximum Gasteiger partial charge on any atom is 0.0738 e. The van der Waals surface area contributed by atoms with Crippen LogP contribution in [0.4, 0.5) is 0 Å². The summed E-state index contributed by atoms with van der Waals surface area (Å²) in [5.41, 5.74) is 4.28. The van der Waals surface area contributed by atoms with Crippen LogP contribution in [-0.4, -0.2) is 22.3 Å². The minimum Gasteiger partial charge on any atom is -0.0716 e. The van der Waals surface area contributed by atoms with Gasteiger partial charge in [0.05, 0.1) is 14.7 Å². The van der Waals surface area contributed by atoms with Crippen LogP contribution in [0.5, 0.6) is 0 Å². The lowest BCUT2D eigenvalue weighted by Gasteiger charge is -2.68. The fraction of sp³-hybridized carbons (Fsp3) is 0.733. The first-order valence-electron chi connectivity index (χ1n) is 13.2. The van der Waals surface area contributed by atoms with Gasteiger partial charge in [0, 0.05) is 12.6 Å². The number of rotatable bonds is 4.